The van der Waals surface area contributed by atoms with Crippen LogP contribution >= 0.6 is 11.6 Å². The van der Waals surface area contributed by atoms with E-state index in [1.54, 1.807) is 47.6 Å². The van der Waals surface area contributed by atoms with E-state index in [0.717, 1.165) is 5.56 Å². The molecule has 24 heavy (non-hydrogen) atoms. The highest BCUT2D eigenvalue weighted by Crippen LogP contribution is 2.28. The van der Waals surface area contributed by atoms with Crippen LogP contribution in [-0.4, -0.2) is 29.4 Å². The van der Waals surface area contributed by atoms with Gasteiger partial charge in [-0.3, -0.25) is 14.6 Å². The number of halogens is 1. The van der Waals surface area contributed by atoms with E-state index in [0.29, 0.717) is 23.7 Å². The highest BCUT2D eigenvalue weighted by molar-refractivity contribution is 6.34. The average molecular weight is 342 g/mol. The molecule has 122 valence electrons. The van der Waals surface area contributed by atoms with Crippen LogP contribution in [0.1, 0.15) is 12.0 Å². The van der Waals surface area contributed by atoms with Gasteiger partial charge in [0.2, 0.25) is 11.8 Å². The van der Waals surface area contributed by atoms with Gasteiger partial charge in [-0.25, -0.2) is 0 Å². The van der Waals surface area contributed by atoms with Crippen molar-refractivity contribution < 1.29 is 9.59 Å². The molecule has 1 aliphatic rings. The van der Waals surface area contributed by atoms with Crippen LogP contribution in [-0.2, 0) is 9.59 Å². The van der Waals surface area contributed by atoms with Gasteiger partial charge in [-0.15, -0.1) is 0 Å². The van der Waals surface area contributed by atoms with Gasteiger partial charge in [0, 0.05) is 25.0 Å². The van der Waals surface area contributed by atoms with Crippen molar-refractivity contribution in [2.75, 3.05) is 11.4 Å². The average Bonchev–Trinajstić information content (AvgIpc) is 2.95. The number of carbonyl (C=O) groups excluding carboxylic acids is 2. The maximum Gasteiger partial charge on any atom is 0.249 e. The maximum atomic E-state index is 12.5. The number of hydrogen-bond donors (Lipinski definition) is 1. The van der Waals surface area contributed by atoms with Crippen LogP contribution in [0.2, 0.25) is 5.02 Å². The zero-order chi connectivity index (χ0) is 16.9. The Balaban J connectivity index is 1.63. The molecule has 1 aliphatic heterocycles. The molecule has 0 bridgehead atoms. The Kier molecular flexibility index (Phi) is 4.91. The number of para-hydroxylation sites is 1. The van der Waals surface area contributed by atoms with Gasteiger partial charge in [-0.2, -0.15) is 0 Å². The molecule has 1 aromatic heterocycles. The van der Waals surface area contributed by atoms with Crippen LogP contribution in [0.3, 0.4) is 0 Å². The van der Waals surface area contributed by atoms with E-state index < -0.39 is 6.04 Å². The summed E-state index contributed by atoms with van der Waals surface area (Å²) in [6.07, 6.45) is 6.96. The fourth-order valence-corrected chi connectivity index (χ4v) is 2.83. The highest BCUT2D eigenvalue weighted by Gasteiger charge is 2.33. The number of nitrogens with zero attached hydrogens (tertiary/aromatic N) is 2. The van der Waals surface area contributed by atoms with E-state index in [-0.39, 0.29) is 11.8 Å². The first-order chi connectivity index (χ1) is 11.6. The first-order valence-corrected chi connectivity index (χ1v) is 7.97. The Labute approximate surface area is 145 Å². The maximum absolute atomic E-state index is 12.5. The first-order valence-electron chi connectivity index (χ1n) is 7.59. The van der Waals surface area contributed by atoms with Gasteiger partial charge in [0.1, 0.15) is 6.04 Å². The molecule has 0 saturated carbocycles. The zero-order valence-electron chi connectivity index (χ0n) is 12.9. The number of hydrogen-bond acceptors (Lipinski definition) is 3. The first kappa shape index (κ1) is 16.2. The van der Waals surface area contributed by atoms with Crippen LogP contribution in [0.15, 0.2) is 54.9 Å². The predicted octanol–water partition coefficient (Wildman–Crippen LogP) is 2.67. The van der Waals surface area contributed by atoms with Crippen molar-refractivity contribution in [1.82, 2.24) is 10.3 Å². The Hall–Kier alpha value is -2.66. The van der Waals surface area contributed by atoms with Gasteiger partial charge in [-0.05, 0) is 42.3 Å². The van der Waals surface area contributed by atoms with E-state index in [2.05, 4.69) is 10.3 Å². The number of aromatic nitrogens is 1. The molecule has 3 rings (SSSR count). The Morgan fingerprint density at radius 1 is 1.25 bits per heavy atom. The van der Waals surface area contributed by atoms with Crippen molar-refractivity contribution >= 4 is 35.2 Å². The summed E-state index contributed by atoms with van der Waals surface area (Å²) in [7, 11) is 0. The van der Waals surface area contributed by atoms with E-state index in [4.69, 9.17) is 11.6 Å². The largest absolute Gasteiger partial charge is 0.341 e. The summed E-state index contributed by atoms with van der Waals surface area (Å²) in [6, 6.07) is 10.2. The number of carbonyl (C=O) groups is 2. The third kappa shape index (κ3) is 3.63. The van der Waals surface area contributed by atoms with Crippen molar-refractivity contribution in [3.05, 3.63) is 65.5 Å². The molecule has 0 aliphatic carbocycles. The quantitative estimate of drug-likeness (QED) is 0.870. The number of nitrogens with one attached hydrogen (secondary N) is 1. The third-order valence-corrected chi connectivity index (χ3v) is 4.12. The number of anilines is 1. The summed E-state index contributed by atoms with van der Waals surface area (Å²) < 4.78 is 0. The molecule has 1 atom stereocenters. The van der Waals surface area contributed by atoms with Crippen LogP contribution in [0.4, 0.5) is 5.69 Å². The monoisotopic (exact) mass is 341 g/mol. The summed E-state index contributed by atoms with van der Waals surface area (Å²) in [5.74, 6) is -0.445. The van der Waals surface area contributed by atoms with E-state index in [9.17, 15) is 9.59 Å². The topological polar surface area (TPSA) is 62.3 Å². The standard InChI is InChI=1S/C18H16ClN3O2/c19-14-3-1-2-4-16(14)22-12-9-15(18(22)24)21-17(23)6-5-13-7-10-20-11-8-13/h1-8,10-11,15H,9,12H2,(H,21,23)/b6-5+/t15-/m0/s1. The second-order valence-corrected chi connectivity index (χ2v) is 5.81. The molecule has 1 fully saturated rings. The van der Waals surface area contributed by atoms with Crippen molar-refractivity contribution in [3.8, 4) is 0 Å². The number of amides is 2. The van der Waals surface area contributed by atoms with E-state index >= 15 is 0 Å². The van der Waals surface area contributed by atoms with Gasteiger partial charge in [-0.1, -0.05) is 23.7 Å². The molecule has 2 amide bonds. The van der Waals surface area contributed by atoms with Gasteiger partial charge in [0.05, 0.1) is 10.7 Å². The third-order valence-electron chi connectivity index (χ3n) is 3.80. The second kappa shape index (κ2) is 7.27. The van der Waals surface area contributed by atoms with Crippen molar-refractivity contribution in [2.24, 2.45) is 0 Å². The predicted molar refractivity (Wildman–Crippen MR) is 93.6 cm³/mol. The fraction of sp³-hybridized carbons (Fsp3) is 0.167. The number of pyridine rings is 1. The lowest BCUT2D eigenvalue weighted by atomic mass is 10.2. The smallest absolute Gasteiger partial charge is 0.249 e. The highest BCUT2D eigenvalue weighted by atomic mass is 35.5. The molecule has 2 aromatic rings. The summed E-state index contributed by atoms with van der Waals surface area (Å²) in [5, 5.41) is 3.27. The van der Waals surface area contributed by atoms with Gasteiger partial charge in [0.15, 0.2) is 0 Å². The zero-order valence-corrected chi connectivity index (χ0v) is 13.6. The Morgan fingerprint density at radius 3 is 2.75 bits per heavy atom. The summed E-state index contributed by atoms with van der Waals surface area (Å²) in [5.41, 5.74) is 1.55. The molecule has 1 N–H and O–H groups in total. The summed E-state index contributed by atoms with van der Waals surface area (Å²) >= 11 is 6.14. The van der Waals surface area contributed by atoms with Crippen molar-refractivity contribution in [1.29, 1.82) is 0 Å². The number of benzene rings is 1. The molecule has 2 heterocycles. The Bertz CT molecular complexity index is 777. The SMILES string of the molecule is O=C(/C=C/c1ccncc1)N[C@H]1CCN(c2ccccc2Cl)C1=O. The fourth-order valence-electron chi connectivity index (χ4n) is 2.59. The molecule has 1 saturated heterocycles. The lowest BCUT2D eigenvalue weighted by molar-refractivity contribution is -0.123. The van der Waals surface area contributed by atoms with E-state index in [1.807, 2.05) is 12.1 Å². The van der Waals surface area contributed by atoms with Gasteiger partial charge < -0.3 is 10.2 Å². The lowest BCUT2D eigenvalue weighted by Gasteiger charge is -2.18. The van der Waals surface area contributed by atoms with Gasteiger partial charge >= 0.3 is 0 Å². The molecule has 5 nitrogen and oxygen atoms in total. The van der Waals surface area contributed by atoms with E-state index in [1.165, 1.54) is 6.08 Å². The minimum absolute atomic E-state index is 0.145. The van der Waals surface area contributed by atoms with Crippen LogP contribution in [0, 0.1) is 0 Å². The molecular formula is C18H16ClN3O2. The minimum Gasteiger partial charge on any atom is -0.341 e. The van der Waals surface area contributed by atoms with Crippen molar-refractivity contribution in [3.63, 3.8) is 0 Å². The van der Waals surface area contributed by atoms with Crippen LogP contribution < -0.4 is 10.2 Å². The minimum atomic E-state index is -0.532. The van der Waals surface area contributed by atoms with Crippen molar-refractivity contribution in [2.45, 2.75) is 12.5 Å². The molecule has 0 unspecified atom stereocenters. The number of rotatable bonds is 4. The molecule has 6 heteroatoms. The molecule has 0 radical (unpaired) electrons. The molecular weight excluding hydrogens is 326 g/mol. The summed E-state index contributed by atoms with van der Waals surface area (Å²) in [6.45, 7) is 0.529. The lowest BCUT2D eigenvalue weighted by Crippen LogP contribution is -2.40. The van der Waals surface area contributed by atoms with Crippen LogP contribution in [0.25, 0.3) is 6.08 Å². The molecule has 0 spiro atoms. The van der Waals surface area contributed by atoms with Crippen LogP contribution in [0.5, 0.6) is 0 Å². The molecule has 1 aromatic carbocycles. The normalized spacial score (nSPS) is 17.5. The summed E-state index contributed by atoms with van der Waals surface area (Å²) in [4.78, 5) is 30.0. The second-order valence-electron chi connectivity index (χ2n) is 5.41. The Morgan fingerprint density at radius 2 is 2.00 bits per heavy atom. The van der Waals surface area contributed by atoms with Gasteiger partial charge in [0.25, 0.3) is 0 Å².